The van der Waals surface area contributed by atoms with Gasteiger partial charge in [-0.15, -0.1) is 0 Å². The summed E-state index contributed by atoms with van der Waals surface area (Å²) in [6, 6.07) is 5.53. The second-order valence-corrected chi connectivity index (χ2v) is 7.88. The van der Waals surface area contributed by atoms with Gasteiger partial charge in [-0.3, -0.25) is 10.1 Å². The summed E-state index contributed by atoms with van der Waals surface area (Å²) in [5.41, 5.74) is 7.64. The minimum atomic E-state index is -0.617. The Morgan fingerprint density at radius 3 is 2.29 bits per heavy atom. The molecule has 1 saturated carbocycles. The van der Waals surface area contributed by atoms with Crippen LogP contribution in [0, 0.1) is 0 Å². The van der Waals surface area contributed by atoms with E-state index in [1.807, 2.05) is 6.07 Å². The van der Waals surface area contributed by atoms with E-state index in [0.717, 1.165) is 31.4 Å². The number of methoxy groups -OCH3 is 2. The Balaban J connectivity index is 1.73. The lowest BCUT2D eigenvalue weighted by Crippen LogP contribution is -2.49. The summed E-state index contributed by atoms with van der Waals surface area (Å²) in [6.45, 7) is 2.13. The van der Waals surface area contributed by atoms with Crippen molar-refractivity contribution in [1.29, 1.82) is 0 Å². The number of ether oxygens (including phenoxy) is 2. The van der Waals surface area contributed by atoms with Crippen LogP contribution in [-0.4, -0.2) is 75.5 Å². The largest absolute Gasteiger partial charge is 0.453 e. The summed E-state index contributed by atoms with van der Waals surface area (Å²) in [5.74, 6) is -0.185. The lowest BCUT2D eigenvalue weighted by Gasteiger charge is -2.36. The molecule has 1 aliphatic carbocycles. The topological polar surface area (TPSA) is 126 Å². The second kappa shape index (κ2) is 10.3. The SMILES string of the molecule is COC(=O)Nc1cc(C(=O)NC2CCC(N)CC2)ccc1N1CCN(C(=O)OC)CC1. The third kappa shape index (κ3) is 5.78. The minimum absolute atomic E-state index is 0.107. The normalized spacial score (nSPS) is 21.3. The third-order valence-electron chi connectivity index (χ3n) is 5.84. The number of amides is 3. The molecule has 1 aromatic carbocycles. The number of hydrogen-bond donors (Lipinski definition) is 3. The molecular weight excluding hydrogens is 402 g/mol. The number of carbonyl (C=O) groups excluding carboxylic acids is 3. The Morgan fingerprint density at radius 1 is 1.00 bits per heavy atom. The zero-order valence-corrected chi connectivity index (χ0v) is 18.1. The molecule has 0 spiro atoms. The summed E-state index contributed by atoms with van der Waals surface area (Å²) in [7, 11) is 2.65. The fourth-order valence-electron chi connectivity index (χ4n) is 4.01. The molecule has 1 aliphatic heterocycles. The van der Waals surface area contributed by atoms with E-state index < -0.39 is 6.09 Å². The summed E-state index contributed by atoms with van der Waals surface area (Å²) < 4.78 is 9.52. The number of nitrogens with one attached hydrogen (secondary N) is 2. The van der Waals surface area contributed by atoms with Gasteiger partial charge in [0, 0.05) is 43.8 Å². The highest BCUT2D eigenvalue weighted by molar-refractivity contribution is 5.98. The maximum absolute atomic E-state index is 12.8. The Labute approximate surface area is 182 Å². The molecule has 31 heavy (non-hydrogen) atoms. The molecule has 0 bridgehead atoms. The average molecular weight is 434 g/mol. The van der Waals surface area contributed by atoms with Gasteiger partial charge in [0.15, 0.2) is 0 Å². The first kappa shape index (κ1) is 22.7. The van der Waals surface area contributed by atoms with Crippen molar-refractivity contribution in [2.75, 3.05) is 50.6 Å². The monoisotopic (exact) mass is 433 g/mol. The predicted octanol–water partition coefficient (Wildman–Crippen LogP) is 1.75. The molecule has 10 heteroatoms. The van der Waals surface area contributed by atoms with E-state index in [-0.39, 0.29) is 24.1 Å². The molecule has 4 N–H and O–H groups in total. The molecule has 2 aliphatic rings. The second-order valence-electron chi connectivity index (χ2n) is 7.88. The number of benzene rings is 1. The van der Waals surface area contributed by atoms with E-state index in [0.29, 0.717) is 37.4 Å². The molecule has 3 amide bonds. The van der Waals surface area contributed by atoms with Gasteiger partial charge < -0.3 is 30.3 Å². The lowest BCUT2D eigenvalue weighted by molar-refractivity contribution is 0.0925. The van der Waals surface area contributed by atoms with E-state index in [1.54, 1.807) is 17.0 Å². The Hall–Kier alpha value is -3.01. The van der Waals surface area contributed by atoms with Crippen LogP contribution in [0.15, 0.2) is 18.2 Å². The van der Waals surface area contributed by atoms with Crippen LogP contribution in [0.25, 0.3) is 0 Å². The number of hydrogen-bond acceptors (Lipinski definition) is 7. The van der Waals surface area contributed by atoms with Crippen molar-refractivity contribution in [2.24, 2.45) is 5.73 Å². The van der Waals surface area contributed by atoms with E-state index >= 15 is 0 Å². The number of nitrogens with zero attached hydrogens (tertiary/aromatic N) is 2. The van der Waals surface area contributed by atoms with Crippen molar-refractivity contribution in [3.8, 4) is 0 Å². The molecule has 1 aromatic rings. The predicted molar refractivity (Wildman–Crippen MR) is 116 cm³/mol. The summed E-state index contributed by atoms with van der Waals surface area (Å²) in [6.07, 6.45) is 2.55. The van der Waals surface area contributed by atoms with Crippen molar-refractivity contribution >= 4 is 29.5 Å². The van der Waals surface area contributed by atoms with Crippen molar-refractivity contribution in [1.82, 2.24) is 10.2 Å². The molecule has 3 rings (SSSR count). The van der Waals surface area contributed by atoms with Gasteiger partial charge in [-0.25, -0.2) is 9.59 Å². The van der Waals surface area contributed by atoms with Crippen molar-refractivity contribution in [3.63, 3.8) is 0 Å². The number of anilines is 2. The third-order valence-corrected chi connectivity index (χ3v) is 5.84. The van der Waals surface area contributed by atoms with Gasteiger partial charge in [0.05, 0.1) is 25.6 Å². The van der Waals surface area contributed by atoms with Gasteiger partial charge in [-0.2, -0.15) is 0 Å². The van der Waals surface area contributed by atoms with Gasteiger partial charge in [0.25, 0.3) is 5.91 Å². The molecule has 1 saturated heterocycles. The molecule has 2 fully saturated rings. The molecular formula is C21H31N5O5. The van der Waals surface area contributed by atoms with Crippen LogP contribution in [0.3, 0.4) is 0 Å². The van der Waals surface area contributed by atoms with Crippen LogP contribution in [-0.2, 0) is 9.47 Å². The Kier molecular flexibility index (Phi) is 7.56. The Morgan fingerprint density at radius 2 is 1.68 bits per heavy atom. The van der Waals surface area contributed by atoms with E-state index in [1.165, 1.54) is 14.2 Å². The highest BCUT2D eigenvalue weighted by Crippen LogP contribution is 2.29. The van der Waals surface area contributed by atoms with E-state index in [4.69, 9.17) is 15.2 Å². The van der Waals surface area contributed by atoms with Gasteiger partial charge in [0.1, 0.15) is 0 Å². The number of nitrogens with two attached hydrogens (primary N) is 1. The Bertz CT molecular complexity index is 801. The fraction of sp³-hybridized carbons (Fsp3) is 0.571. The summed E-state index contributed by atoms with van der Waals surface area (Å²) in [5, 5.41) is 5.77. The molecule has 0 unspecified atom stereocenters. The van der Waals surface area contributed by atoms with Crippen molar-refractivity contribution in [3.05, 3.63) is 23.8 Å². The quantitative estimate of drug-likeness (QED) is 0.660. The van der Waals surface area contributed by atoms with Gasteiger partial charge in [0.2, 0.25) is 0 Å². The average Bonchev–Trinajstić information content (AvgIpc) is 2.80. The number of rotatable bonds is 4. The molecule has 10 nitrogen and oxygen atoms in total. The highest BCUT2D eigenvalue weighted by atomic mass is 16.5. The number of piperazine rings is 1. The maximum atomic E-state index is 12.8. The molecule has 1 heterocycles. The zero-order chi connectivity index (χ0) is 22.4. The van der Waals surface area contributed by atoms with E-state index in [2.05, 4.69) is 15.5 Å². The highest BCUT2D eigenvalue weighted by Gasteiger charge is 2.25. The first-order chi connectivity index (χ1) is 14.9. The molecule has 0 aromatic heterocycles. The van der Waals surface area contributed by atoms with Crippen molar-refractivity contribution < 1.29 is 23.9 Å². The fourth-order valence-corrected chi connectivity index (χ4v) is 4.01. The van der Waals surface area contributed by atoms with Crippen LogP contribution < -0.4 is 21.3 Å². The molecule has 0 atom stereocenters. The summed E-state index contributed by atoms with van der Waals surface area (Å²) >= 11 is 0. The first-order valence-electron chi connectivity index (χ1n) is 10.5. The zero-order valence-electron chi connectivity index (χ0n) is 18.1. The molecule has 0 radical (unpaired) electrons. The molecule has 170 valence electrons. The lowest BCUT2D eigenvalue weighted by atomic mass is 9.91. The van der Waals surface area contributed by atoms with Crippen LogP contribution in [0.5, 0.6) is 0 Å². The summed E-state index contributed by atoms with van der Waals surface area (Å²) in [4.78, 5) is 40.1. The minimum Gasteiger partial charge on any atom is -0.453 e. The van der Waals surface area contributed by atoms with Crippen LogP contribution >= 0.6 is 0 Å². The van der Waals surface area contributed by atoms with Gasteiger partial charge in [-0.1, -0.05) is 0 Å². The maximum Gasteiger partial charge on any atom is 0.411 e. The van der Waals surface area contributed by atoms with Crippen LogP contribution in [0.2, 0.25) is 0 Å². The van der Waals surface area contributed by atoms with E-state index in [9.17, 15) is 14.4 Å². The first-order valence-corrected chi connectivity index (χ1v) is 10.5. The van der Waals surface area contributed by atoms with Crippen LogP contribution in [0.1, 0.15) is 36.0 Å². The smallest absolute Gasteiger partial charge is 0.411 e. The number of carbonyl (C=O) groups is 3. The van der Waals surface area contributed by atoms with Crippen molar-refractivity contribution in [2.45, 2.75) is 37.8 Å². The standard InChI is InChI=1S/C21H31N5O5/c1-30-20(28)24-17-13-14(19(27)23-16-6-4-15(22)5-7-16)3-8-18(17)25-9-11-26(12-10-25)21(29)31-2/h3,8,13,15-16H,4-7,9-12,22H2,1-2H3,(H,23,27)(H,24,28). The van der Waals surface area contributed by atoms with Crippen LogP contribution in [0.4, 0.5) is 21.0 Å². The van der Waals surface area contributed by atoms with Gasteiger partial charge in [-0.05, 0) is 43.9 Å². The van der Waals surface area contributed by atoms with Gasteiger partial charge >= 0.3 is 12.2 Å².